The van der Waals surface area contributed by atoms with E-state index in [2.05, 4.69) is 11.9 Å². The number of benzene rings is 1. The van der Waals surface area contributed by atoms with E-state index in [9.17, 15) is 9.59 Å². The van der Waals surface area contributed by atoms with Gasteiger partial charge in [0, 0.05) is 62.7 Å². The summed E-state index contributed by atoms with van der Waals surface area (Å²) in [6.45, 7) is 5.82. The van der Waals surface area contributed by atoms with Crippen LogP contribution in [-0.4, -0.2) is 72.8 Å². The zero-order valence-corrected chi connectivity index (χ0v) is 16.3. The van der Waals surface area contributed by atoms with Gasteiger partial charge in [-0.15, -0.1) is 0 Å². The van der Waals surface area contributed by atoms with Crippen LogP contribution >= 0.6 is 23.2 Å². The minimum Gasteiger partial charge on any atom is -0.342 e. The Hall–Kier alpha value is -1.30. The van der Waals surface area contributed by atoms with Gasteiger partial charge >= 0.3 is 0 Å². The molecule has 1 heterocycles. The summed E-state index contributed by atoms with van der Waals surface area (Å²) in [5, 5.41) is 1.19. The second-order valence-corrected chi connectivity index (χ2v) is 7.27. The summed E-state index contributed by atoms with van der Waals surface area (Å²) in [7, 11) is 2.06. The fourth-order valence-corrected chi connectivity index (χ4v) is 3.35. The van der Waals surface area contributed by atoms with Gasteiger partial charge in [0.1, 0.15) is 0 Å². The number of rotatable bonds is 6. The number of hydrogen-bond acceptors (Lipinski definition) is 3. The molecular formula is C18H25Cl2N3O2. The van der Waals surface area contributed by atoms with Crippen molar-refractivity contribution in [3.8, 4) is 0 Å². The summed E-state index contributed by atoms with van der Waals surface area (Å²) >= 11 is 12.1. The van der Waals surface area contributed by atoms with Crippen molar-refractivity contribution in [1.82, 2.24) is 14.7 Å². The predicted octanol–water partition coefficient (Wildman–Crippen LogP) is 2.55. The van der Waals surface area contributed by atoms with E-state index in [1.807, 2.05) is 11.0 Å². The second kappa shape index (κ2) is 9.41. The molecule has 7 heteroatoms. The van der Waals surface area contributed by atoms with Crippen molar-refractivity contribution >= 4 is 35.0 Å². The molecule has 0 radical (unpaired) electrons. The number of carbonyl (C=O) groups is 2. The maximum atomic E-state index is 12.3. The van der Waals surface area contributed by atoms with Crippen molar-refractivity contribution in [2.75, 3.05) is 46.3 Å². The number of halogens is 2. The summed E-state index contributed by atoms with van der Waals surface area (Å²) in [6.07, 6.45) is 0.996. The van der Waals surface area contributed by atoms with E-state index in [-0.39, 0.29) is 11.8 Å². The van der Waals surface area contributed by atoms with Crippen LogP contribution in [0.4, 0.5) is 0 Å². The molecule has 0 bridgehead atoms. The fourth-order valence-electron chi connectivity index (χ4n) is 2.85. The molecule has 0 spiro atoms. The molecule has 0 N–H and O–H groups in total. The topological polar surface area (TPSA) is 43.9 Å². The van der Waals surface area contributed by atoms with E-state index < -0.39 is 0 Å². The van der Waals surface area contributed by atoms with Gasteiger partial charge in [0.2, 0.25) is 11.8 Å². The quantitative estimate of drug-likeness (QED) is 0.755. The predicted molar refractivity (Wildman–Crippen MR) is 101 cm³/mol. The smallest absolute Gasteiger partial charge is 0.224 e. The van der Waals surface area contributed by atoms with Gasteiger partial charge in [-0.3, -0.25) is 9.59 Å². The average molecular weight is 386 g/mol. The van der Waals surface area contributed by atoms with E-state index in [0.717, 1.165) is 31.7 Å². The van der Waals surface area contributed by atoms with Crippen molar-refractivity contribution in [2.24, 2.45) is 0 Å². The molecule has 0 atom stereocenters. The van der Waals surface area contributed by atoms with Crippen molar-refractivity contribution in [3.63, 3.8) is 0 Å². The van der Waals surface area contributed by atoms with Crippen LogP contribution < -0.4 is 0 Å². The lowest BCUT2D eigenvalue weighted by molar-refractivity contribution is -0.134. The minimum atomic E-state index is -0.0312. The van der Waals surface area contributed by atoms with Crippen LogP contribution in [0.25, 0.3) is 0 Å². The van der Waals surface area contributed by atoms with E-state index in [0.29, 0.717) is 36.0 Å². The van der Waals surface area contributed by atoms with E-state index in [4.69, 9.17) is 23.2 Å². The molecule has 0 saturated carbocycles. The lowest BCUT2D eigenvalue weighted by Gasteiger charge is -2.33. The fraction of sp³-hybridized carbons (Fsp3) is 0.556. The number of nitrogens with zero attached hydrogens (tertiary/aromatic N) is 3. The molecule has 1 aromatic carbocycles. The van der Waals surface area contributed by atoms with Gasteiger partial charge in [-0.25, -0.2) is 0 Å². The zero-order valence-electron chi connectivity index (χ0n) is 14.8. The summed E-state index contributed by atoms with van der Waals surface area (Å²) < 4.78 is 0. The minimum absolute atomic E-state index is 0.0312. The molecule has 1 aromatic rings. The van der Waals surface area contributed by atoms with Crippen LogP contribution in [0.2, 0.25) is 10.0 Å². The standard InChI is InChI=1S/C18H25Cl2N3O2/c1-14(24)22(7-5-15-3-4-16(19)13-17(15)20)8-6-18(25)23-11-9-21(2)10-12-23/h3-4,13H,5-12H2,1-2H3. The van der Waals surface area contributed by atoms with Gasteiger partial charge in [-0.2, -0.15) is 0 Å². The Kier molecular flexibility index (Phi) is 7.54. The number of hydrogen-bond donors (Lipinski definition) is 0. The number of piperazine rings is 1. The van der Waals surface area contributed by atoms with Crippen LogP contribution in [0.1, 0.15) is 18.9 Å². The molecule has 0 aromatic heterocycles. The summed E-state index contributed by atoms with van der Waals surface area (Å²) in [5.74, 6) is 0.0835. The van der Waals surface area contributed by atoms with Gasteiger partial charge in [-0.1, -0.05) is 29.3 Å². The highest BCUT2D eigenvalue weighted by Gasteiger charge is 2.20. The monoisotopic (exact) mass is 385 g/mol. The molecule has 25 heavy (non-hydrogen) atoms. The number of likely N-dealkylation sites (N-methyl/N-ethyl adjacent to an activating group) is 1. The molecule has 1 fully saturated rings. The molecule has 1 aliphatic rings. The van der Waals surface area contributed by atoms with Crippen LogP contribution in [0, 0.1) is 0 Å². The van der Waals surface area contributed by atoms with E-state index >= 15 is 0 Å². The average Bonchev–Trinajstić information content (AvgIpc) is 2.56. The third kappa shape index (κ3) is 6.17. The van der Waals surface area contributed by atoms with E-state index in [1.54, 1.807) is 17.0 Å². The number of carbonyl (C=O) groups excluding carboxylic acids is 2. The molecule has 2 amide bonds. The summed E-state index contributed by atoms with van der Waals surface area (Å²) in [4.78, 5) is 30.0. The second-order valence-electron chi connectivity index (χ2n) is 6.43. The molecule has 2 rings (SSSR count). The third-order valence-electron chi connectivity index (χ3n) is 4.56. The first-order chi connectivity index (χ1) is 11.9. The first-order valence-corrected chi connectivity index (χ1v) is 9.28. The maximum absolute atomic E-state index is 12.3. The largest absolute Gasteiger partial charge is 0.342 e. The molecule has 1 aliphatic heterocycles. The normalized spacial score (nSPS) is 15.3. The van der Waals surface area contributed by atoms with Crippen LogP contribution in [0.5, 0.6) is 0 Å². The highest BCUT2D eigenvalue weighted by Crippen LogP contribution is 2.21. The van der Waals surface area contributed by atoms with Gasteiger partial charge < -0.3 is 14.7 Å². The van der Waals surface area contributed by atoms with Crippen molar-refractivity contribution < 1.29 is 9.59 Å². The Morgan fingerprint density at radius 2 is 1.80 bits per heavy atom. The Balaban J connectivity index is 1.84. The molecular weight excluding hydrogens is 361 g/mol. The van der Waals surface area contributed by atoms with Crippen molar-refractivity contribution in [1.29, 1.82) is 0 Å². The van der Waals surface area contributed by atoms with Gasteiger partial charge in [-0.05, 0) is 31.2 Å². The molecule has 1 saturated heterocycles. The molecule has 0 aliphatic carbocycles. The highest BCUT2D eigenvalue weighted by molar-refractivity contribution is 6.35. The first-order valence-electron chi connectivity index (χ1n) is 8.52. The Morgan fingerprint density at radius 3 is 2.40 bits per heavy atom. The van der Waals surface area contributed by atoms with Gasteiger partial charge in [0.25, 0.3) is 0 Å². The summed E-state index contributed by atoms with van der Waals surface area (Å²) in [6, 6.07) is 5.36. The molecule has 138 valence electrons. The Bertz CT molecular complexity index is 616. The van der Waals surface area contributed by atoms with Crippen LogP contribution in [0.15, 0.2) is 18.2 Å². The molecule has 5 nitrogen and oxygen atoms in total. The SMILES string of the molecule is CC(=O)N(CCC(=O)N1CCN(C)CC1)CCc1ccc(Cl)cc1Cl. The molecule has 0 unspecified atom stereocenters. The van der Waals surface area contributed by atoms with Gasteiger partial charge in [0.05, 0.1) is 0 Å². The zero-order chi connectivity index (χ0) is 18.4. The summed E-state index contributed by atoms with van der Waals surface area (Å²) in [5.41, 5.74) is 0.947. The number of amides is 2. The van der Waals surface area contributed by atoms with Crippen molar-refractivity contribution in [2.45, 2.75) is 19.8 Å². The van der Waals surface area contributed by atoms with Crippen LogP contribution in [0.3, 0.4) is 0 Å². The highest BCUT2D eigenvalue weighted by atomic mass is 35.5. The van der Waals surface area contributed by atoms with Gasteiger partial charge in [0.15, 0.2) is 0 Å². The van der Waals surface area contributed by atoms with Crippen molar-refractivity contribution in [3.05, 3.63) is 33.8 Å². The lowest BCUT2D eigenvalue weighted by Crippen LogP contribution is -2.48. The van der Waals surface area contributed by atoms with Crippen LogP contribution in [-0.2, 0) is 16.0 Å². The Labute approximate surface area is 159 Å². The van der Waals surface area contributed by atoms with E-state index in [1.165, 1.54) is 6.92 Å². The maximum Gasteiger partial charge on any atom is 0.224 e. The Morgan fingerprint density at radius 1 is 1.12 bits per heavy atom. The third-order valence-corrected chi connectivity index (χ3v) is 5.15. The lowest BCUT2D eigenvalue weighted by atomic mass is 10.1. The first kappa shape index (κ1) is 20.0.